The number of para-hydroxylation sites is 1. The third-order valence-electron chi connectivity index (χ3n) is 10.2. The zero-order chi connectivity index (χ0) is 45.4. The maximum atomic E-state index is 13.2. The number of primary amides is 1. The molecule has 7 rings (SSSR count). The smallest absolute Gasteiger partial charge is 0.405 e. The number of nitrogens with zero attached hydrogens (tertiary/aromatic N) is 6. The number of carbonyl (C=O) groups excluding carboxylic acids is 4. The van der Waals surface area contributed by atoms with Gasteiger partial charge in [0.1, 0.15) is 24.7 Å². The van der Waals surface area contributed by atoms with Crippen molar-refractivity contribution in [3.8, 4) is 17.1 Å². The SMILES string of the molecule is Cn1c(=O)n(C2CCC(=O)NC2=O)c2cccc(CCCOCCOCCNCc3ccc(-n4cc(NC(=O)c5coc(-c6ccnc(NCC(F)(F)F)c6)n5)c(C(N)=O)n4)cc3)c21. The number of ether oxygens (including phenoxy) is 2. The summed E-state index contributed by atoms with van der Waals surface area (Å²) in [5, 5.41) is 14.6. The number of anilines is 2. The minimum atomic E-state index is -4.45. The number of rotatable bonds is 20. The normalized spacial score (nSPS) is 14.2. The molecule has 0 aliphatic carbocycles. The van der Waals surface area contributed by atoms with Crippen molar-refractivity contribution in [1.29, 1.82) is 0 Å². The molecule has 1 atom stereocenters. The standard InChI is InChI=1S/C42H44F3N11O8/c1-54-36-26(4-2-6-31(36)56(41(54)61)32-11-12-34(57)52-39(32)60)5-3-16-62-18-19-63-17-15-47-21-25-7-9-28(10-8-25)55-22-29(35(53-55)37(46)58)50-38(59)30-23-64-40(51-30)27-13-14-48-33(20-27)49-24-42(43,44)45/h2,4,6-10,13-14,20,22-23,32,47H,3,5,11-12,15-19,21,24H2,1H3,(H2,46,58)(H,48,49)(H,50,59)(H,52,57,60). The predicted molar refractivity (Wildman–Crippen MR) is 225 cm³/mol. The second-order valence-electron chi connectivity index (χ2n) is 14.7. The van der Waals surface area contributed by atoms with Gasteiger partial charge in [0, 0.05) is 44.9 Å². The van der Waals surface area contributed by atoms with E-state index >= 15 is 0 Å². The summed E-state index contributed by atoms with van der Waals surface area (Å²) in [5.41, 5.74) is 9.09. The van der Waals surface area contributed by atoms with Gasteiger partial charge >= 0.3 is 11.9 Å². The van der Waals surface area contributed by atoms with Gasteiger partial charge in [0.05, 0.1) is 48.4 Å². The largest absolute Gasteiger partial charge is 0.444 e. The Hall–Kier alpha value is -7.17. The lowest BCUT2D eigenvalue weighted by Crippen LogP contribution is -2.44. The number of imide groups is 1. The highest BCUT2D eigenvalue weighted by Gasteiger charge is 2.32. The molecule has 4 amide bonds. The van der Waals surface area contributed by atoms with Gasteiger partial charge < -0.3 is 35.6 Å². The molecular formula is C42H44F3N11O8. The molecule has 22 heteroatoms. The first-order chi connectivity index (χ1) is 30.8. The van der Waals surface area contributed by atoms with Crippen LogP contribution in [0.4, 0.5) is 24.7 Å². The second kappa shape index (κ2) is 19.9. The van der Waals surface area contributed by atoms with Crippen LogP contribution >= 0.6 is 0 Å². The Morgan fingerprint density at radius 1 is 1.03 bits per heavy atom. The minimum Gasteiger partial charge on any atom is -0.444 e. The van der Waals surface area contributed by atoms with Gasteiger partial charge in [0.2, 0.25) is 17.7 Å². The zero-order valence-corrected chi connectivity index (χ0v) is 34.4. The average molecular weight is 888 g/mol. The van der Waals surface area contributed by atoms with Gasteiger partial charge in [0.25, 0.3) is 11.8 Å². The van der Waals surface area contributed by atoms with E-state index in [1.807, 2.05) is 30.3 Å². The number of nitrogens with two attached hydrogens (primary N) is 1. The average Bonchev–Trinajstić information content (AvgIpc) is 4.00. The topological polar surface area (TPSA) is 245 Å². The van der Waals surface area contributed by atoms with Crippen molar-refractivity contribution in [2.45, 2.75) is 44.4 Å². The Bertz CT molecular complexity index is 2710. The molecular weight excluding hydrogens is 844 g/mol. The number of hydrogen-bond donors (Lipinski definition) is 5. The molecule has 5 heterocycles. The van der Waals surface area contributed by atoms with Crippen LogP contribution in [-0.4, -0.2) is 98.2 Å². The summed E-state index contributed by atoms with van der Waals surface area (Å²) in [5.74, 6) is -2.55. The molecule has 1 fully saturated rings. The molecule has 0 saturated carbocycles. The number of nitrogens with one attached hydrogen (secondary N) is 4. The van der Waals surface area contributed by atoms with Crippen LogP contribution in [-0.2, 0) is 39.1 Å². The second-order valence-corrected chi connectivity index (χ2v) is 14.7. The van der Waals surface area contributed by atoms with Gasteiger partial charge in [-0.2, -0.15) is 18.3 Å². The maximum Gasteiger partial charge on any atom is 0.405 e. The summed E-state index contributed by atoms with van der Waals surface area (Å²) in [6.07, 6.45) is 1.13. The highest BCUT2D eigenvalue weighted by atomic mass is 19.4. The van der Waals surface area contributed by atoms with E-state index in [-0.39, 0.29) is 58.8 Å². The summed E-state index contributed by atoms with van der Waals surface area (Å²) in [6, 6.07) is 14.9. The molecule has 1 aliphatic rings. The number of carbonyl (C=O) groups is 4. The van der Waals surface area contributed by atoms with Crippen LogP contribution < -0.4 is 32.7 Å². The maximum absolute atomic E-state index is 13.2. The number of piperidine rings is 1. The minimum absolute atomic E-state index is 0.0178. The Morgan fingerprint density at radius 3 is 2.56 bits per heavy atom. The first-order valence-corrected chi connectivity index (χ1v) is 20.2. The fourth-order valence-corrected chi connectivity index (χ4v) is 7.11. The number of oxazole rings is 1. The van der Waals surface area contributed by atoms with Crippen molar-refractivity contribution in [2.24, 2.45) is 12.8 Å². The Labute approximate surface area is 362 Å². The van der Waals surface area contributed by atoms with Gasteiger partial charge in [0.15, 0.2) is 11.4 Å². The van der Waals surface area contributed by atoms with Crippen LogP contribution in [0.1, 0.15) is 57.4 Å². The van der Waals surface area contributed by atoms with Crippen molar-refractivity contribution >= 4 is 46.2 Å². The fourth-order valence-electron chi connectivity index (χ4n) is 7.11. The van der Waals surface area contributed by atoms with Gasteiger partial charge in [-0.05, 0) is 60.7 Å². The molecule has 1 unspecified atom stereocenters. The van der Waals surface area contributed by atoms with Gasteiger partial charge in [-0.15, -0.1) is 0 Å². The van der Waals surface area contributed by atoms with Crippen LogP contribution in [0.25, 0.3) is 28.2 Å². The van der Waals surface area contributed by atoms with Gasteiger partial charge in [-0.3, -0.25) is 33.6 Å². The molecule has 336 valence electrons. The predicted octanol–water partition coefficient (Wildman–Crippen LogP) is 3.63. The molecule has 2 aromatic carbocycles. The monoisotopic (exact) mass is 887 g/mol. The number of imidazole rings is 1. The summed E-state index contributed by atoms with van der Waals surface area (Å²) < 4.78 is 59.1. The van der Waals surface area contributed by atoms with Crippen molar-refractivity contribution in [3.05, 3.63) is 106 Å². The molecule has 1 saturated heterocycles. The summed E-state index contributed by atoms with van der Waals surface area (Å²) in [7, 11) is 1.68. The molecule has 19 nitrogen and oxygen atoms in total. The van der Waals surface area contributed by atoms with E-state index in [0.717, 1.165) is 22.9 Å². The van der Waals surface area contributed by atoms with Crippen LogP contribution in [0.15, 0.2) is 82.5 Å². The van der Waals surface area contributed by atoms with E-state index in [9.17, 15) is 37.1 Å². The summed E-state index contributed by atoms with van der Waals surface area (Å²) in [4.78, 5) is 70.6. The molecule has 0 spiro atoms. The molecule has 6 aromatic rings. The van der Waals surface area contributed by atoms with E-state index < -0.39 is 36.5 Å². The number of pyridine rings is 1. The van der Waals surface area contributed by atoms with Crippen LogP contribution in [0.5, 0.6) is 0 Å². The zero-order valence-electron chi connectivity index (χ0n) is 34.4. The molecule has 64 heavy (non-hydrogen) atoms. The highest BCUT2D eigenvalue weighted by Crippen LogP contribution is 2.27. The number of aromatic nitrogens is 6. The van der Waals surface area contributed by atoms with Crippen molar-refractivity contribution < 1.29 is 46.2 Å². The van der Waals surface area contributed by atoms with Gasteiger partial charge in [-0.1, -0.05) is 24.3 Å². The van der Waals surface area contributed by atoms with E-state index in [1.54, 1.807) is 23.7 Å². The number of fused-ring (bicyclic) bond motifs is 1. The lowest BCUT2D eigenvalue weighted by atomic mass is 10.0. The number of halogens is 3. The Balaban J connectivity index is 0.813. The third kappa shape index (κ3) is 10.9. The first-order valence-electron chi connectivity index (χ1n) is 20.2. The van der Waals surface area contributed by atoms with E-state index in [4.69, 9.17) is 19.6 Å². The van der Waals surface area contributed by atoms with Crippen molar-refractivity contribution in [2.75, 3.05) is 50.2 Å². The molecule has 1 aliphatic heterocycles. The Morgan fingerprint density at radius 2 is 1.81 bits per heavy atom. The number of benzene rings is 2. The molecule has 0 radical (unpaired) electrons. The van der Waals surface area contributed by atoms with E-state index in [0.29, 0.717) is 63.6 Å². The van der Waals surface area contributed by atoms with E-state index in [2.05, 4.69) is 36.3 Å². The lowest BCUT2D eigenvalue weighted by Gasteiger charge is -2.21. The van der Waals surface area contributed by atoms with Crippen LogP contribution in [0.3, 0.4) is 0 Å². The molecule has 0 bridgehead atoms. The lowest BCUT2D eigenvalue weighted by molar-refractivity contribution is -0.135. The van der Waals surface area contributed by atoms with Crippen molar-refractivity contribution in [1.82, 2.24) is 39.5 Å². The molecule has 4 aromatic heterocycles. The number of amides is 4. The fraction of sp³-hybridized carbons (Fsp3) is 0.333. The quantitative estimate of drug-likeness (QED) is 0.0544. The number of hydrogen-bond acceptors (Lipinski definition) is 13. The third-order valence-corrected chi connectivity index (χ3v) is 10.2. The number of aryl methyl sites for hydroxylation is 2. The number of alkyl halides is 3. The van der Waals surface area contributed by atoms with Crippen LogP contribution in [0, 0.1) is 0 Å². The first kappa shape index (κ1) is 44.9. The van der Waals surface area contributed by atoms with Gasteiger partial charge in [-0.25, -0.2) is 19.4 Å². The highest BCUT2D eigenvalue weighted by molar-refractivity contribution is 6.07. The van der Waals surface area contributed by atoms with Crippen LogP contribution in [0.2, 0.25) is 0 Å². The van der Waals surface area contributed by atoms with E-state index in [1.165, 1.54) is 33.8 Å². The molecule has 6 N–H and O–H groups in total. The summed E-state index contributed by atoms with van der Waals surface area (Å²) in [6.45, 7) is 1.63. The Kier molecular flexibility index (Phi) is 14.0. The summed E-state index contributed by atoms with van der Waals surface area (Å²) >= 11 is 0. The van der Waals surface area contributed by atoms with Crippen molar-refractivity contribution in [3.63, 3.8) is 0 Å².